The Morgan fingerprint density at radius 1 is 1.44 bits per heavy atom. The molecule has 1 aromatic heterocycles. The highest BCUT2D eigenvalue weighted by atomic mass is 32.1. The van der Waals surface area contributed by atoms with Crippen molar-refractivity contribution in [3.8, 4) is 0 Å². The maximum Gasteiger partial charge on any atom is 0.160 e. The summed E-state index contributed by atoms with van der Waals surface area (Å²) in [5.41, 5.74) is 1.10. The molecular weight excluding hydrogens is 222 g/mol. The van der Waals surface area contributed by atoms with Crippen molar-refractivity contribution in [2.45, 2.75) is 26.3 Å². The number of hydrogen-bond acceptors (Lipinski definition) is 4. The molecular formula is C12H15NO2S. The number of aldehydes is 1. The lowest BCUT2D eigenvalue weighted by Crippen LogP contribution is -2.33. The summed E-state index contributed by atoms with van der Waals surface area (Å²) in [6.45, 7) is 4.46. The van der Waals surface area contributed by atoms with Gasteiger partial charge in [-0.05, 0) is 18.6 Å². The van der Waals surface area contributed by atoms with E-state index in [1.165, 1.54) is 4.88 Å². The average Bonchev–Trinajstić information content (AvgIpc) is 2.62. The Morgan fingerprint density at radius 3 is 2.75 bits per heavy atom. The summed E-state index contributed by atoms with van der Waals surface area (Å²) in [5, 5.41) is 0. The van der Waals surface area contributed by atoms with Crippen molar-refractivity contribution in [3.05, 3.63) is 21.4 Å². The maximum atomic E-state index is 11.1. The van der Waals surface area contributed by atoms with Gasteiger partial charge in [-0.25, -0.2) is 0 Å². The zero-order valence-corrected chi connectivity index (χ0v) is 10.2. The van der Waals surface area contributed by atoms with Crippen LogP contribution in [0.4, 0.5) is 0 Å². The van der Waals surface area contributed by atoms with Gasteiger partial charge in [-0.15, -0.1) is 11.3 Å². The highest BCUT2D eigenvalue weighted by molar-refractivity contribution is 7.13. The molecule has 0 atom stereocenters. The fourth-order valence-corrected chi connectivity index (χ4v) is 2.86. The Hall–Kier alpha value is -1.00. The molecule has 0 aromatic carbocycles. The van der Waals surface area contributed by atoms with Gasteiger partial charge < -0.3 is 0 Å². The van der Waals surface area contributed by atoms with Gasteiger partial charge in [-0.1, -0.05) is 0 Å². The molecule has 0 N–H and O–H groups in total. The molecule has 0 unspecified atom stereocenters. The van der Waals surface area contributed by atoms with Gasteiger partial charge >= 0.3 is 0 Å². The lowest BCUT2D eigenvalue weighted by molar-refractivity contribution is -0.121. The molecule has 0 radical (unpaired) electrons. The SMILES string of the molecule is Cc1cc(CN2CCC(=O)CC2)c(C=O)s1. The van der Waals surface area contributed by atoms with E-state index in [-0.39, 0.29) is 0 Å². The van der Waals surface area contributed by atoms with Crippen LogP contribution in [0.15, 0.2) is 6.07 Å². The van der Waals surface area contributed by atoms with E-state index >= 15 is 0 Å². The second kappa shape index (κ2) is 4.89. The molecule has 86 valence electrons. The minimum Gasteiger partial charge on any atom is -0.300 e. The Morgan fingerprint density at radius 2 is 2.12 bits per heavy atom. The summed E-state index contributed by atoms with van der Waals surface area (Å²) < 4.78 is 0. The number of nitrogens with zero attached hydrogens (tertiary/aromatic N) is 1. The topological polar surface area (TPSA) is 37.4 Å². The van der Waals surface area contributed by atoms with E-state index in [9.17, 15) is 9.59 Å². The number of piperidine rings is 1. The van der Waals surface area contributed by atoms with Crippen LogP contribution in [0.1, 0.15) is 33.0 Å². The number of aryl methyl sites for hydroxylation is 1. The molecule has 3 nitrogen and oxygen atoms in total. The molecule has 0 saturated carbocycles. The number of Topliss-reactive ketones (excluding diaryl/α,β-unsaturated/α-hetero) is 1. The minimum absolute atomic E-state index is 0.355. The van der Waals surface area contributed by atoms with E-state index in [2.05, 4.69) is 11.0 Å². The molecule has 0 aliphatic carbocycles. The van der Waals surface area contributed by atoms with Gasteiger partial charge in [-0.2, -0.15) is 0 Å². The molecule has 4 heteroatoms. The molecule has 1 fully saturated rings. The first-order valence-corrected chi connectivity index (χ1v) is 6.29. The summed E-state index contributed by atoms with van der Waals surface area (Å²) >= 11 is 1.54. The van der Waals surface area contributed by atoms with E-state index in [4.69, 9.17) is 0 Å². The zero-order chi connectivity index (χ0) is 11.5. The largest absolute Gasteiger partial charge is 0.300 e. The van der Waals surface area contributed by atoms with Crippen LogP contribution in [0, 0.1) is 6.92 Å². The van der Waals surface area contributed by atoms with E-state index in [1.807, 2.05) is 6.92 Å². The zero-order valence-electron chi connectivity index (χ0n) is 9.36. The third-order valence-corrected chi connectivity index (χ3v) is 3.90. The average molecular weight is 237 g/mol. The monoisotopic (exact) mass is 237 g/mol. The molecule has 2 heterocycles. The van der Waals surface area contributed by atoms with Gasteiger partial charge in [0.25, 0.3) is 0 Å². The Bertz CT molecular complexity index is 401. The molecule has 1 aliphatic rings. The van der Waals surface area contributed by atoms with Crippen molar-refractivity contribution in [1.29, 1.82) is 0 Å². The number of ketones is 1. The predicted octanol–water partition coefficient (Wildman–Crippen LogP) is 2.03. The first-order valence-electron chi connectivity index (χ1n) is 5.47. The second-order valence-electron chi connectivity index (χ2n) is 4.18. The van der Waals surface area contributed by atoms with Crippen LogP contribution in [0.3, 0.4) is 0 Å². The Kier molecular flexibility index (Phi) is 3.51. The number of carbonyl (C=O) groups is 2. The first kappa shape index (κ1) is 11.5. The van der Waals surface area contributed by atoms with Crippen LogP contribution in [0.2, 0.25) is 0 Å². The summed E-state index contributed by atoms with van der Waals surface area (Å²) in [7, 11) is 0. The van der Waals surface area contributed by atoms with Crippen LogP contribution in [-0.2, 0) is 11.3 Å². The molecule has 1 aromatic rings. The van der Waals surface area contributed by atoms with E-state index in [1.54, 1.807) is 11.3 Å². The first-order chi connectivity index (χ1) is 7.69. The van der Waals surface area contributed by atoms with Gasteiger partial charge in [0.2, 0.25) is 0 Å². The summed E-state index contributed by atoms with van der Waals surface area (Å²) in [4.78, 5) is 26.2. The molecule has 1 aliphatic heterocycles. The van der Waals surface area contributed by atoms with Crippen molar-refractivity contribution in [1.82, 2.24) is 4.90 Å². The van der Waals surface area contributed by atoms with Gasteiger partial charge in [-0.3, -0.25) is 14.5 Å². The van der Waals surface area contributed by atoms with Crippen LogP contribution < -0.4 is 0 Å². The molecule has 0 bridgehead atoms. The van der Waals surface area contributed by atoms with Gasteiger partial charge in [0.05, 0.1) is 4.88 Å². The van der Waals surface area contributed by atoms with Crippen molar-refractivity contribution >= 4 is 23.4 Å². The lowest BCUT2D eigenvalue weighted by Gasteiger charge is -2.25. The quantitative estimate of drug-likeness (QED) is 0.755. The number of carbonyl (C=O) groups excluding carboxylic acids is 2. The number of rotatable bonds is 3. The standard InChI is InChI=1S/C12H15NO2S/c1-9-6-10(12(8-14)16-9)7-13-4-2-11(15)3-5-13/h6,8H,2-5,7H2,1H3. The fraction of sp³-hybridized carbons (Fsp3) is 0.500. The van der Waals surface area contributed by atoms with Gasteiger partial charge in [0.15, 0.2) is 6.29 Å². The summed E-state index contributed by atoms with van der Waals surface area (Å²) in [5.74, 6) is 0.355. The third kappa shape index (κ3) is 2.57. The van der Waals surface area contributed by atoms with Crippen molar-refractivity contribution in [3.63, 3.8) is 0 Å². The molecule has 1 saturated heterocycles. The lowest BCUT2D eigenvalue weighted by atomic mass is 10.1. The number of likely N-dealkylation sites (tertiary alicyclic amines) is 1. The van der Waals surface area contributed by atoms with Crippen LogP contribution in [0.25, 0.3) is 0 Å². The maximum absolute atomic E-state index is 11.1. The van der Waals surface area contributed by atoms with Crippen molar-refractivity contribution < 1.29 is 9.59 Å². The number of hydrogen-bond donors (Lipinski definition) is 0. The molecule has 2 rings (SSSR count). The van der Waals surface area contributed by atoms with Crippen LogP contribution in [-0.4, -0.2) is 30.1 Å². The van der Waals surface area contributed by atoms with Gasteiger partial charge in [0.1, 0.15) is 5.78 Å². The smallest absolute Gasteiger partial charge is 0.160 e. The molecule has 0 amide bonds. The highest BCUT2D eigenvalue weighted by Gasteiger charge is 2.17. The number of thiophene rings is 1. The van der Waals surface area contributed by atoms with Crippen molar-refractivity contribution in [2.75, 3.05) is 13.1 Å². The normalized spacial score (nSPS) is 17.7. The van der Waals surface area contributed by atoms with Crippen LogP contribution >= 0.6 is 11.3 Å². The molecule has 16 heavy (non-hydrogen) atoms. The fourth-order valence-electron chi connectivity index (χ4n) is 2.01. The van der Waals surface area contributed by atoms with Gasteiger partial charge in [0, 0.05) is 37.4 Å². The summed E-state index contributed by atoms with van der Waals surface area (Å²) in [6, 6.07) is 2.07. The highest BCUT2D eigenvalue weighted by Crippen LogP contribution is 2.22. The minimum atomic E-state index is 0.355. The second-order valence-corrected chi connectivity index (χ2v) is 5.47. The van der Waals surface area contributed by atoms with Crippen molar-refractivity contribution in [2.24, 2.45) is 0 Å². The van der Waals surface area contributed by atoms with E-state index in [0.717, 1.165) is 36.4 Å². The van der Waals surface area contributed by atoms with E-state index < -0.39 is 0 Å². The Labute approximate surface area is 99.1 Å². The third-order valence-electron chi connectivity index (χ3n) is 2.88. The van der Waals surface area contributed by atoms with E-state index in [0.29, 0.717) is 18.6 Å². The Balaban J connectivity index is 2.03. The predicted molar refractivity (Wildman–Crippen MR) is 64.0 cm³/mol. The van der Waals surface area contributed by atoms with Crippen LogP contribution in [0.5, 0.6) is 0 Å². The summed E-state index contributed by atoms with van der Waals surface area (Å²) in [6.07, 6.45) is 2.24. The molecule has 0 spiro atoms.